The summed E-state index contributed by atoms with van der Waals surface area (Å²) in [5.41, 5.74) is -1.27. The Balaban J connectivity index is 1.82. The van der Waals surface area contributed by atoms with E-state index < -0.39 is 23.6 Å². The Kier molecular flexibility index (Phi) is 5.62. The zero-order valence-corrected chi connectivity index (χ0v) is 12.4. The molecule has 0 saturated heterocycles. The molecule has 0 aliphatic heterocycles. The molecule has 128 valence electrons. The van der Waals surface area contributed by atoms with Crippen molar-refractivity contribution in [1.29, 1.82) is 0 Å². The molecule has 2 amide bonds. The van der Waals surface area contributed by atoms with Crippen LogP contribution in [0, 0.1) is 5.82 Å². The lowest BCUT2D eigenvalue weighted by Crippen LogP contribution is -2.32. The number of halogens is 4. The molecule has 2 aromatic carbocycles. The van der Waals surface area contributed by atoms with E-state index in [4.69, 9.17) is 4.74 Å². The monoisotopic (exact) mass is 342 g/mol. The van der Waals surface area contributed by atoms with Crippen LogP contribution in [0.4, 0.5) is 28.0 Å². The maximum absolute atomic E-state index is 12.9. The molecule has 0 saturated carbocycles. The molecule has 0 aliphatic carbocycles. The van der Waals surface area contributed by atoms with Gasteiger partial charge >= 0.3 is 12.2 Å². The van der Waals surface area contributed by atoms with Crippen molar-refractivity contribution in [2.24, 2.45) is 0 Å². The first-order valence-electron chi connectivity index (χ1n) is 6.96. The number of carbonyl (C=O) groups is 1. The minimum Gasteiger partial charge on any atom is -0.492 e. The summed E-state index contributed by atoms with van der Waals surface area (Å²) in [6.07, 6.45) is -4.57. The lowest BCUT2D eigenvalue weighted by Gasteiger charge is -2.14. The number of benzene rings is 2. The molecule has 0 bridgehead atoms. The molecular weight excluding hydrogens is 328 g/mol. The molecule has 0 radical (unpaired) electrons. The number of hydrogen-bond acceptors (Lipinski definition) is 2. The lowest BCUT2D eigenvalue weighted by molar-refractivity contribution is -0.136. The first kappa shape index (κ1) is 17.6. The first-order valence-corrected chi connectivity index (χ1v) is 6.96. The molecule has 0 atom stereocenters. The van der Waals surface area contributed by atoms with Gasteiger partial charge in [0.25, 0.3) is 0 Å². The standard InChI is InChI=1S/C16H14F4N2O2/c17-11-4-3-5-12(10-11)24-9-8-21-15(23)22-14-7-2-1-6-13(14)16(18,19)20/h1-7,10H,8-9H2,(H2,21,22,23). The molecule has 0 aliphatic rings. The highest BCUT2D eigenvalue weighted by Gasteiger charge is 2.33. The second kappa shape index (κ2) is 7.67. The Morgan fingerprint density at radius 1 is 1.08 bits per heavy atom. The fourth-order valence-electron chi connectivity index (χ4n) is 1.90. The number of rotatable bonds is 5. The second-order valence-corrected chi connectivity index (χ2v) is 4.73. The lowest BCUT2D eigenvalue weighted by atomic mass is 10.1. The number of amides is 2. The highest BCUT2D eigenvalue weighted by molar-refractivity contribution is 5.90. The van der Waals surface area contributed by atoms with E-state index in [1.54, 1.807) is 6.07 Å². The molecule has 4 nitrogen and oxygen atoms in total. The fraction of sp³-hybridized carbons (Fsp3) is 0.188. The normalized spacial score (nSPS) is 11.0. The zero-order chi connectivity index (χ0) is 17.6. The summed E-state index contributed by atoms with van der Waals surface area (Å²) in [5, 5.41) is 4.50. The van der Waals surface area contributed by atoms with Crippen molar-refractivity contribution < 1.29 is 27.1 Å². The van der Waals surface area contributed by atoms with Crippen LogP contribution in [0.1, 0.15) is 5.56 Å². The molecule has 2 rings (SSSR count). The van der Waals surface area contributed by atoms with Crippen LogP contribution in [0.5, 0.6) is 5.75 Å². The molecular formula is C16H14F4N2O2. The third-order valence-electron chi connectivity index (χ3n) is 2.93. The van der Waals surface area contributed by atoms with Crippen molar-refractivity contribution in [2.45, 2.75) is 6.18 Å². The second-order valence-electron chi connectivity index (χ2n) is 4.73. The van der Waals surface area contributed by atoms with E-state index in [9.17, 15) is 22.4 Å². The van der Waals surface area contributed by atoms with Crippen LogP contribution >= 0.6 is 0 Å². The minimum atomic E-state index is -4.57. The number of para-hydroxylation sites is 1. The van der Waals surface area contributed by atoms with Crippen molar-refractivity contribution in [3.63, 3.8) is 0 Å². The predicted molar refractivity (Wildman–Crippen MR) is 80.4 cm³/mol. The van der Waals surface area contributed by atoms with E-state index in [0.29, 0.717) is 5.75 Å². The number of nitrogens with one attached hydrogen (secondary N) is 2. The number of hydrogen-bond donors (Lipinski definition) is 2. The summed E-state index contributed by atoms with van der Waals surface area (Å²) in [6, 6.07) is 9.32. The van der Waals surface area contributed by atoms with Gasteiger partial charge in [0.1, 0.15) is 18.2 Å². The highest BCUT2D eigenvalue weighted by atomic mass is 19.4. The zero-order valence-electron chi connectivity index (χ0n) is 12.4. The van der Waals surface area contributed by atoms with E-state index in [2.05, 4.69) is 10.6 Å². The molecule has 0 heterocycles. The Labute approximate surface area is 135 Å². The highest BCUT2D eigenvalue weighted by Crippen LogP contribution is 2.34. The largest absolute Gasteiger partial charge is 0.492 e. The SMILES string of the molecule is O=C(NCCOc1cccc(F)c1)Nc1ccccc1C(F)(F)F. The minimum absolute atomic E-state index is 0.0382. The molecule has 2 aromatic rings. The summed E-state index contributed by atoms with van der Waals surface area (Å²) >= 11 is 0. The summed E-state index contributed by atoms with van der Waals surface area (Å²) in [6.45, 7) is 0.0777. The quantitative estimate of drug-likeness (QED) is 0.636. The summed E-state index contributed by atoms with van der Waals surface area (Å²) in [7, 11) is 0. The summed E-state index contributed by atoms with van der Waals surface area (Å²) in [5.74, 6) is -0.165. The van der Waals surface area contributed by atoms with Gasteiger partial charge in [0.05, 0.1) is 17.8 Å². The molecule has 0 aromatic heterocycles. The third kappa shape index (κ3) is 5.15. The van der Waals surface area contributed by atoms with Gasteiger partial charge in [0, 0.05) is 6.07 Å². The van der Waals surface area contributed by atoms with Crippen LogP contribution in [-0.2, 0) is 6.18 Å². The maximum Gasteiger partial charge on any atom is 0.418 e. The van der Waals surface area contributed by atoms with Crippen LogP contribution in [0.3, 0.4) is 0 Å². The molecule has 0 fully saturated rings. The van der Waals surface area contributed by atoms with Crippen molar-refractivity contribution >= 4 is 11.7 Å². The topological polar surface area (TPSA) is 50.4 Å². The van der Waals surface area contributed by atoms with Gasteiger partial charge in [0.2, 0.25) is 0 Å². The smallest absolute Gasteiger partial charge is 0.418 e. The number of alkyl halides is 3. The fourth-order valence-corrected chi connectivity index (χ4v) is 1.90. The van der Waals surface area contributed by atoms with Crippen LogP contribution in [0.2, 0.25) is 0 Å². The maximum atomic E-state index is 12.9. The van der Waals surface area contributed by atoms with Gasteiger partial charge in [0.15, 0.2) is 0 Å². The molecule has 24 heavy (non-hydrogen) atoms. The number of anilines is 1. The molecule has 0 spiro atoms. The van der Waals surface area contributed by atoms with Gasteiger partial charge in [-0.15, -0.1) is 0 Å². The average molecular weight is 342 g/mol. The third-order valence-corrected chi connectivity index (χ3v) is 2.93. The van der Waals surface area contributed by atoms with Crippen LogP contribution in [-0.4, -0.2) is 19.2 Å². The average Bonchev–Trinajstić information content (AvgIpc) is 2.51. The van der Waals surface area contributed by atoms with Crippen LogP contribution in [0.15, 0.2) is 48.5 Å². The van der Waals surface area contributed by atoms with E-state index in [1.165, 1.54) is 30.3 Å². The van der Waals surface area contributed by atoms with Gasteiger partial charge in [-0.25, -0.2) is 9.18 Å². The van der Waals surface area contributed by atoms with E-state index in [0.717, 1.165) is 12.1 Å². The van der Waals surface area contributed by atoms with Crippen molar-refractivity contribution in [1.82, 2.24) is 5.32 Å². The van der Waals surface area contributed by atoms with E-state index in [1.807, 2.05) is 0 Å². The first-order chi connectivity index (χ1) is 11.4. The summed E-state index contributed by atoms with van der Waals surface area (Å²) < 4.78 is 56.5. The molecule has 8 heteroatoms. The Morgan fingerprint density at radius 2 is 1.83 bits per heavy atom. The van der Waals surface area contributed by atoms with Gasteiger partial charge in [-0.05, 0) is 24.3 Å². The van der Waals surface area contributed by atoms with Gasteiger partial charge in [-0.3, -0.25) is 0 Å². The Morgan fingerprint density at radius 3 is 2.54 bits per heavy atom. The number of carbonyl (C=O) groups excluding carboxylic acids is 1. The Hall–Kier alpha value is -2.77. The van der Waals surface area contributed by atoms with Gasteiger partial charge < -0.3 is 15.4 Å². The number of ether oxygens (including phenoxy) is 1. The number of urea groups is 1. The molecule has 0 unspecified atom stereocenters. The van der Waals surface area contributed by atoms with Crippen molar-refractivity contribution in [2.75, 3.05) is 18.5 Å². The van der Waals surface area contributed by atoms with Gasteiger partial charge in [-0.2, -0.15) is 13.2 Å². The van der Waals surface area contributed by atoms with Crippen molar-refractivity contribution in [3.05, 3.63) is 59.9 Å². The van der Waals surface area contributed by atoms with E-state index >= 15 is 0 Å². The summed E-state index contributed by atoms with van der Waals surface area (Å²) in [4.78, 5) is 11.7. The van der Waals surface area contributed by atoms with Crippen molar-refractivity contribution in [3.8, 4) is 5.75 Å². The Bertz CT molecular complexity index is 704. The van der Waals surface area contributed by atoms with Crippen LogP contribution < -0.4 is 15.4 Å². The van der Waals surface area contributed by atoms with E-state index in [-0.39, 0.29) is 18.8 Å². The molecule has 2 N–H and O–H groups in total. The van der Waals surface area contributed by atoms with Gasteiger partial charge in [-0.1, -0.05) is 18.2 Å². The predicted octanol–water partition coefficient (Wildman–Crippen LogP) is 4.05. The van der Waals surface area contributed by atoms with Crippen LogP contribution in [0.25, 0.3) is 0 Å².